The zero-order valence-electron chi connectivity index (χ0n) is 9.34. The number of rotatable bonds is 5. The monoisotopic (exact) mass is 251 g/mol. The zero-order chi connectivity index (χ0) is 12.7. The predicted octanol–water partition coefficient (Wildman–Crippen LogP) is 1.67. The molecule has 0 fully saturated rings. The molecule has 0 aromatic heterocycles. The van der Waals surface area contributed by atoms with Crippen molar-refractivity contribution < 1.29 is 14.7 Å². The van der Waals surface area contributed by atoms with Crippen molar-refractivity contribution in [1.29, 1.82) is 0 Å². The van der Waals surface area contributed by atoms with Crippen LogP contribution in [-0.4, -0.2) is 23.2 Å². The van der Waals surface area contributed by atoms with Crippen molar-refractivity contribution in [3.63, 3.8) is 0 Å². The zero-order valence-corrected chi connectivity index (χ0v) is 10.2. The lowest BCUT2D eigenvalue weighted by molar-refractivity contribution is -0.131. The molecule has 1 aromatic carbocycles. The van der Waals surface area contributed by atoms with E-state index in [1.165, 1.54) is 0 Å². The summed E-state index contributed by atoms with van der Waals surface area (Å²) < 4.78 is 0. The van der Waals surface area contributed by atoms with Crippen LogP contribution in [0.25, 0.3) is 0 Å². The van der Waals surface area contributed by atoms with E-state index in [0.717, 1.165) is 22.6 Å². The summed E-state index contributed by atoms with van der Waals surface area (Å²) in [5, 5.41) is 10.9. The molecule has 1 aromatic rings. The van der Waals surface area contributed by atoms with Crippen LogP contribution in [0.3, 0.4) is 0 Å². The maximum absolute atomic E-state index is 11.2. The quantitative estimate of drug-likeness (QED) is 0.617. The molecule has 0 heterocycles. The van der Waals surface area contributed by atoms with Crippen LogP contribution in [0.2, 0.25) is 0 Å². The van der Waals surface area contributed by atoms with Crippen LogP contribution in [0, 0.1) is 0 Å². The third-order valence-corrected chi connectivity index (χ3v) is 2.75. The molecule has 1 amide bonds. The number of carbonyl (C=O) groups is 2. The van der Waals surface area contributed by atoms with E-state index in [2.05, 4.69) is 5.32 Å². The van der Waals surface area contributed by atoms with Gasteiger partial charge in [0.1, 0.15) is 0 Å². The highest BCUT2D eigenvalue weighted by atomic mass is 32.2. The standard InChI is InChI=1S/C12H13NO3S/c1-17-10-4-2-9(3-5-10)8-13-11(14)6-7-12(15)16/h2-7H,8H2,1H3,(H,13,14)(H,15,16)/b7-6+. The van der Waals surface area contributed by atoms with Gasteiger partial charge in [-0.2, -0.15) is 0 Å². The van der Waals surface area contributed by atoms with Gasteiger partial charge in [-0.1, -0.05) is 12.1 Å². The summed E-state index contributed by atoms with van der Waals surface area (Å²) in [5.41, 5.74) is 0.972. The van der Waals surface area contributed by atoms with Crippen LogP contribution in [-0.2, 0) is 16.1 Å². The van der Waals surface area contributed by atoms with Gasteiger partial charge in [0, 0.05) is 23.6 Å². The lowest BCUT2D eigenvalue weighted by Gasteiger charge is -2.03. The van der Waals surface area contributed by atoms with E-state index in [1.54, 1.807) is 11.8 Å². The second kappa shape index (κ2) is 6.75. The molecular formula is C12H13NO3S. The molecule has 0 saturated heterocycles. The molecule has 0 aliphatic carbocycles. The average Bonchev–Trinajstić information content (AvgIpc) is 2.34. The number of nitrogens with one attached hydrogen (secondary N) is 1. The summed E-state index contributed by atoms with van der Waals surface area (Å²) in [7, 11) is 0. The van der Waals surface area contributed by atoms with E-state index in [4.69, 9.17) is 5.11 Å². The van der Waals surface area contributed by atoms with Gasteiger partial charge >= 0.3 is 5.97 Å². The minimum atomic E-state index is -1.13. The van der Waals surface area contributed by atoms with Gasteiger partial charge in [0.2, 0.25) is 5.91 Å². The smallest absolute Gasteiger partial charge is 0.328 e. The highest BCUT2D eigenvalue weighted by Gasteiger charge is 1.98. The summed E-state index contributed by atoms with van der Waals surface area (Å²) >= 11 is 1.65. The minimum absolute atomic E-state index is 0.386. The molecule has 1 rings (SSSR count). The molecule has 0 spiro atoms. The topological polar surface area (TPSA) is 66.4 Å². The van der Waals surface area contributed by atoms with Crippen LogP contribution in [0.1, 0.15) is 5.56 Å². The van der Waals surface area contributed by atoms with E-state index >= 15 is 0 Å². The SMILES string of the molecule is CSc1ccc(CNC(=O)/C=C/C(=O)O)cc1. The lowest BCUT2D eigenvalue weighted by Crippen LogP contribution is -2.20. The Labute approximate surface area is 104 Å². The van der Waals surface area contributed by atoms with E-state index in [9.17, 15) is 9.59 Å². The molecule has 0 atom stereocenters. The van der Waals surface area contributed by atoms with Crippen LogP contribution < -0.4 is 5.32 Å². The normalized spacial score (nSPS) is 10.4. The van der Waals surface area contributed by atoms with E-state index < -0.39 is 11.9 Å². The molecule has 0 saturated carbocycles. The first-order valence-electron chi connectivity index (χ1n) is 4.93. The Bertz CT molecular complexity index is 426. The van der Waals surface area contributed by atoms with Gasteiger partial charge in [0.15, 0.2) is 0 Å². The fourth-order valence-electron chi connectivity index (χ4n) is 1.14. The number of benzene rings is 1. The molecule has 5 heteroatoms. The van der Waals surface area contributed by atoms with Crippen molar-refractivity contribution in [1.82, 2.24) is 5.32 Å². The Hall–Kier alpha value is -1.75. The van der Waals surface area contributed by atoms with Crippen LogP contribution in [0.4, 0.5) is 0 Å². The second-order valence-corrected chi connectivity index (χ2v) is 4.12. The van der Waals surface area contributed by atoms with Crippen molar-refractivity contribution in [3.8, 4) is 0 Å². The number of carboxylic acids is 1. The first-order chi connectivity index (χ1) is 8.11. The first-order valence-corrected chi connectivity index (χ1v) is 6.16. The summed E-state index contributed by atoms with van der Waals surface area (Å²) in [6, 6.07) is 7.79. The fourth-order valence-corrected chi connectivity index (χ4v) is 1.55. The number of amides is 1. The number of hydrogen-bond donors (Lipinski definition) is 2. The highest BCUT2D eigenvalue weighted by Crippen LogP contribution is 2.14. The molecule has 0 radical (unpaired) electrons. The van der Waals surface area contributed by atoms with Crippen LogP contribution in [0.5, 0.6) is 0 Å². The number of hydrogen-bond acceptors (Lipinski definition) is 3. The third-order valence-electron chi connectivity index (χ3n) is 2.00. The van der Waals surface area contributed by atoms with Crippen LogP contribution in [0.15, 0.2) is 41.3 Å². The van der Waals surface area contributed by atoms with E-state index in [-0.39, 0.29) is 0 Å². The fraction of sp³-hybridized carbons (Fsp3) is 0.167. The average molecular weight is 251 g/mol. The van der Waals surface area contributed by atoms with Crippen molar-refractivity contribution in [2.24, 2.45) is 0 Å². The summed E-state index contributed by atoms with van der Waals surface area (Å²) in [6.45, 7) is 0.386. The largest absolute Gasteiger partial charge is 0.478 e. The van der Waals surface area contributed by atoms with Crippen molar-refractivity contribution >= 4 is 23.6 Å². The first kappa shape index (κ1) is 13.3. The summed E-state index contributed by atoms with van der Waals surface area (Å²) in [4.78, 5) is 22.5. The molecule has 2 N–H and O–H groups in total. The van der Waals surface area contributed by atoms with E-state index in [1.807, 2.05) is 30.5 Å². The number of carbonyl (C=O) groups excluding carboxylic acids is 1. The minimum Gasteiger partial charge on any atom is -0.478 e. The molecule has 4 nitrogen and oxygen atoms in total. The van der Waals surface area contributed by atoms with Gasteiger partial charge in [-0.3, -0.25) is 4.79 Å². The third kappa shape index (κ3) is 5.21. The number of aliphatic carboxylic acids is 1. The number of thioether (sulfide) groups is 1. The Kier molecular flexibility index (Phi) is 5.29. The maximum atomic E-state index is 11.2. The molecule has 0 bridgehead atoms. The second-order valence-electron chi connectivity index (χ2n) is 3.24. The van der Waals surface area contributed by atoms with E-state index in [0.29, 0.717) is 6.54 Å². The molecular weight excluding hydrogens is 238 g/mol. The van der Waals surface area contributed by atoms with Crippen molar-refractivity contribution in [3.05, 3.63) is 42.0 Å². The maximum Gasteiger partial charge on any atom is 0.328 e. The van der Waals surface area contributed by atoms with Crippen molar-refractivity contribution in [2.75, 3.05) is 6.26 Å². The molecule has 0 unspecified atom stereocenters. The van der Waals surface area contributed by atoms with Gasteiger partial charge in [-0.05, 0) is 24.0 Å². The predicted molar refractivity (Wildman–Crippen MR) is 66.8 cm³/mol. The Morgan fingerprint density at radius 3 is 2.47 bits per heavy atom. The molecule has 0 aliphatic heterocycles. The number of carboxylic acid groups (broad SMARTS) is 1. The van der Waals surface area contributed by atoms with Gasteiger partial charge < -0.3 is 10.4 Å². The summed E-state index contributed by atoms with van der Waals surface area (Å²) in [5.74, 6) is -1.55. The molecule has 17 heavy (non-hydrogen) atoms. The lowest BCUT2D eigenvalue weighted by atomic mass is 10.2. The van der Waals surface area contributed by atoms with Crippen LogP contribution >= 0.6 is 11.8 Å². The van der Waals surface area contributed by atoms with Gasteiger partial charge in [0.25, 0.3) is 0 Å². The van der Waals surface area contributed by atoms with Gasteiger partial charge in [-0.25, -0.2) is 4.79 Å². The highest BCUT2D eigenvalue weighted by molar-refractivity contribution is 7.98. The molecule has 0 aliphatic rings. The Balaban J connectivity index is 2.44. The van der Waals surface area contributed by atoms with Crippen molar-refractivity contribution in [2.45, 2.75) is 11.4 Å². The molecule has 90 valence electrons. The van der Waals surface area contributed by atoms with Gasteiger partial charge in [0.05, 0.1) is 0 Å². The van der Waals surface area contributed by atoms with Gasteiger partial charge in [-0.15, -0.1) is 11.8 Å². The summed E-state index contributed by atoms with van der Waals surface area (Å²) in [6.07, 6.45) is 3.80. The Morgan fingerprint density at radius 2 is 1.94 bits per heavy atom. The Morgan fingerprint density at radius 1 is 1.29 bits per heavy atom.